The number of carbonyl (C=O) groups is 2. The van der Waals surface area contributed by atoms with Crippen molar-refractivity contribution in [3.63, 3.8) is 0 Å². The fourth-order valence-electron chi connectivity index (χ4n) is 3.81. The van der Waals surface area contributed by atoms with Gasteiger partial charge in [-0.05, 0) is 36.1 Å². The van der Waals surface area contributed by atoms with Crippen molar-refractivity contribution < 1.29 is 27.5 Å². The van der Waals surface area contributed by atoms with Gasteiger partial charge in [0.25, 0.3) is 0 Å². The van der Waals surface area contributed by atoms with E-state index in [-0.39, 0.29) is 30.9 Å². The molecule has 0 radical (unpaired) electrons. The SMILES string of the molecule is CCC(C(=O)NCC(C)C)N(Cc1ccccc1Cl)C(=O)CN(c1ccc2c(c1)OCO2)S(C)(=O)=O. The van der Waals surface area contributed by atoms with Gasteiger partial charge in [0.15, 0.2) is 11.5 Å². The molecular formula is C25H32ClN3O6S. The number of anilines is 1. The Balaban J connectivity index is 1.94. The molecule has 2 aromatic rings. The normalized spacial score (nSPS) is 13.4. The van der Waals surface area contributed by atoms with Crippen molar-refractivity contribution in [1.29, 1.82) is 0 Å². The third kappa shape index (κ3) is 6.82. The average molecular weight is 538 g/mol. The quantitative estimate of drug-likeness (QED) is 0.471. The largest absolute Gasteiger partial charge is 0.454 e. The minimum absolute atomic E-state index is 0.0336. The summed E-state index contributed by atoms with van der Waals surface area (Å²) >= 11 is 6.36. The molecule has 0 aliphatic carbocycles. The Kier molecular flexibility index (Phi) is 9.08. The average Bonchev–Trinajstić information content (AvgIpc) is 3.29. The third-order valence-corrected chi connectivity index (χ3v) is 7.20. The Bertz CT molecular complexity index is 1200. The van der Waals surface area contributed by atoms with Gasteiger partial charge in [-0.1, -0.05) is 50.6 Å². The van der Waals surface area contributed by atoms with Gasteiger partial charge in [0.05, 0.1) is 11.9 Å². The number of nitrogens with zero attached hydrogens (tertiary/aromatic N) is 2. The van der Waals surface area contributed by atoms with Gasteiger partial charge < -0.3 is 19.7 Å². The first-order valence-electron chi connectivity index (χ1n) is 11.7. The highest BCUT2D eigenvalue weighted by atomic mass is 35.5. The van der Waals surface area contributed by atoms with Gasteiger partial charge in [-0.15, -0.1) is 0 Å². The number of amides is 2. The second-order valence-electron chi connectivity index (χ2n) is 8.98. The predicted molar refractivity (Wildman–Crippen MR) is 139 cm³/mol. The van der Waals surface area contributed by atoms with Crippen molar-refractivity contribution in [3.05, 3.63) is 53.1 Å². The molecule has 0 saturated carbocycles. The van der Waals surface area contributed by atoms with Crippen molar-refractivity contribution in [2.75, 3.05) is 30.4 Å². The Labute approximate surface area is 217 Å². The van der Waals surface area contributed by atoms with Crippen molar-refractivity contribution >= 4 is 39.1 Å². The highest BCUT2D eigenvalue weighted by Crippen LogP contribution is 2.36. The van der Waals surface area contributed by atoms with E-state index in [1.54, 1.807) is 43.3 Å². The Morgan fingerprint density at radius 2 is 1.81 bits per heavy atom. The number of carbonyl (C=O) groups excluding carboxylic acids is 2. The van der Waals surface area contributed by atoms with Crippen LogP contribution >= 0.6 is 11.6 Å². The first-order chi connectivity index (χ1) is 17.0. The summed E-state index contributed by atoms with van der Waals surface area (Å²) in [5.41, 5.74) is 0.904. The summed E-state index contributed by atoms with van der Waals surface area (Å²) in [6.07, 6.45) is 1.36. The molecule has 2 aromatic carbocycles. The number of sulfonamides is 1. The molecule has 0 saturated heterocycles. The van der Waals surface area contributed by atoms with Crippen LogP contribution < -0.4 is 19.1 Å². The van der Waals surface area contributed by atoms with E-state index in [0.717, 1.165) is 10.6 Å². The zero-order valence-electron chi connectivity index (χ0n) is 20.9. The first kappa shape index (κ1) is 27.6. The van der Waals surface area contributed by atoms with E-state index in [4.69, 9.17) is 21.1 Å². The third-order valence-electron chi connectivity index (χ3n) is 5.69. The number of halogens is 1. The zero-order valence-corrected chi connectivity index (χ0v) is 22.4. The van der Waals surface area contributed by atoms with E-state index in [9.17, 15) is 18.0 Å². The molecule has 2 amide bonds. The number of ether oxygens (including phenoxy) is 2. The van der Waals surface area contributed by atoms with Gasteiger partial charge in [-0.25, -0.2) is 8.42 Å². The lowest BCUT2D eigenvalue weighted by atomic mass is 10.1. The first-order valence-corrected chi connectivity index (χ1v) is 13.9. The summed E-state index contributed by atoms with van der Waals surface area (Å²) < 4.78 is 37.1. The van der Waals surface area contributed by atoms with Crippen LogP contribution in [0.5, 0.6) is 11.5 Å². The molecule has 196 valence electrons. The number of hydrogen-bond acceptors (Lipinski definition) is 6. The van der Waals surface area contributed by atoms with Crippen LogP contribution in [0.1, 0.15) is 32.8 Å². The minimum Gasteiger partial charge on any atom is -0.454 e. The van der Waals surface area contributed by atoms with Crippen LogP contribution in [0.4, 0.5) is 5.69 Å². The Hall–Kier alpha value is -2.98. The highest BCUT2D eigenvalue weighted by Gasteiger charge is 2.32. The van der Waals surface area contributed by atoms with Crippen molar-refractivity contribution in [1.82, 2.24) is 10.2 Å². The van der Waals surface area contributed by atoms with Crippen LogP contribution in [-0.2, 0) is 26.2 Å². The number of benzene rings is 2. The molecule has 36 heavy (non-hydrogen) atoms. The monoisotopic (exact) mass is 537 g/mol. The molecule has 1 atom stereocenters. The minimum atomic E-state index is -3.86. The van der Waals surface area contributed by atoms with E-state index >= 15 is 0 Å². The summed E-state index contributed by atoms with van der Waals surface area (Å²) in [6.45, 7) is 5.79. The molecule has 9 nitrogen and oxygen atoms in total. The van der Waals surface area contributed by atoms with Crippen LogP contribution in [0, 0.1) is 5.92 Å². The molecule has 0 fully saturated rings. The molecular weight excluding hydrogens is 506 g/mol. The lowest BCUT2D eigenvalue weighted by Gasteiger charge is -2.33. The van der Waals surface area contributed by atoms with Gasteiger partial charge in [-0.3, -0.25) is 13.9 Å². The molecule has 0 aromatic heterocycles. The number of hydrogen-bond donors (Lipinski definition) is 1. The summed E-state index contributed by atoms with van der Waals surface area (Å²) in [4.78, 5) is 28.2. The van der Waals surface area contributed by atoms with E-state index < -0.39 is 28.5 Å². The highest BCUT2D eigenvalue weighted by molar-refractivity contribution is 7.92. The molecule has 0 bridgehead atoms. The van der Waals surface area contributed by atoms with Gasteiger partial charge in [-0.2, -0.15) is 0 Å². The smallest absolute Gasteiger partial charge is 0.244 e. The van der Waals surface area contributed by atoms with Crippen LogP contribution in [0.25, 0.3) is 0 Å². The van der Waals surface area contributed by atoms with Crippen LogP contribution in [0.15, 0.2) is 42.5 Å². The van der Waals surface area contributed by atoms with E-state index in [0.29, 0.717) is 35.1 Å². The second kappa shape index (κ2) is 11.8. The summed E-state index contributed by atoms with van der Waals surface area (Å²) in [7, 11) is -3.86. The molecule has 1 heterocycles. The van der Waals surface area contributed by atoms with Crippen LogP contribution in [-0.4, -0.2) is 57.3 Å². The predicted octanol–water partition coefficient (Wildman–Crippen LogP) is 3.41. The van der Waals surface area contributed by atoms with Crippen molar-refractivity contribution in [2.24, 2.45) is 5.92 Å². The lowest BCUT2D eigenvalue weighted by molar-refractivity contribution is -0.140. The molecule has 1 aliphatic rings. The Morgan fingerprint density at radius 3 is 2.44 bits per heavy atom. The maximum absolute atomic E-state index is 13.7. The van der Waals surface area contributed by atoms with E-state index in [1.807, 2.05) is 13.8 Å². The Morgan fingerprint density at radius 1 is 1.11 bits per heavy atom. The maximum atomic E-state index is 13.7. The number of fused-ring (bicyclic) bond motifs is 1. The van der Waals surface area contributed by atoms with Crippen molar-refractivity contribution in [3.8, 4) is 11.5 Å². The van der Waals surface area contributed by atoms with Crippen LogP contribution in [0.3, 0.4) is 0 Å². The molecule has 1 N–H and O–H groups in total. The molecule has 3 rings (SSSR count). The van der Waals surface area contributed by atoms with E-state index in [2.05, 4.69) is 5.32 Å². The fraction of sp³-hybridized carbons (Fsp3) is 0.440. The standard InChI is InChI=1S/C25H32ClN3O6S/c1-5-21(25(31)27-13-17(2)3)28(14-18-8-6-7-9-20(18)26)24(30)15-29(36(4,32)33)19-10-11-22-23(12-19)35-16-34-22/h6-12,17,21H,5,13-16H2,1-4H3,(H,27,31). The molecule has 1 aliphatic heterocycles. The molecule has 11 heteroatoms. The van der Waals surface area contributed by atoms with Gasteiger partial charge >= 0.3 is 0 Å². The van der Waals surface area contributed by atoms with Crippen LogP contribution in [0.2, 0.25) is 5.02 Å². The second-order valence-corrected chi connectivity index (χ2v) is 11.3. The number of nitrogens with one attached hydrogen (secondary N) is 1. The van der Waals surface area contributed by atoms with Gasteiger partial charge in [0.1, 0.15) is 12.6 Å². The van der Waals surface area contributed by atoms with E-state index in [1.165, 1.54) is 11.0 Å². The molecule has 1 unspecified atom stereocenters. The zero-order chi connectivity index (χ0) is 26.5. The lowest BCUT2D eigenvalue weighted by Crippen LogP contribution is -2.52. The summed E-state index contributed by atoms with van der Waals surface area (Å²) in [5, 5.41) is 3.33. The maximum Gasteiger partial charge on any atom is 0.244 e. The summed E-state index contributed by atoms with van der Waals surface area (Å²) in [6, 6.07) is 10.9. The number of rotatable bonds is 11. The summed E-state index contributed by atoms with van der Waals surface area (Å²) in [5.74, 6) is 0.267. The topological polar surface area (TPSA) is 105 Å². The fourth-order valence-corrected chi connectivity index (χ4v) is 4.84. The van der Waals surface area contributed by atoms with Gasteiger partial charge in [0.2, 0.25) is 28.6 Å². The van der Waals surface area contributed by atoms with Gasteiger partial charge in [0, 0.05) is 24.2 Å². The molecule has 0 spiro atoms. The van der Waals surface area contributed by atoms with Crippen molar-refractivity contribution in [2.45, 2.75) is 39.8 Å².